The molecule has 17 heavy (non-hydrogen) atoms. The van der Waals surface area contributed by atoms with Crippen molar-refractivity contribution in [2.75, 3.05) is 7.11 Å². The number of phenolic OH excluding ortho intramolecular Hbond substituents is 1. The second-order valence-corrected chi connectivity index (χ2v) is 4.25. The molecule has 4 nitrogen and oxygen atoms in total. The fraction of sp³-hybridized carbons (Fsp3) is 0.308. The van der Waals surface area contributed by atoms with Crippen LogP contribution in [0.2, 0.25) is 0 Å². The van der Waals surface area contributed by atoms with Crippen molar-refractivity contribution in [2.24, 2.45) is 0 Å². The standard InChI is InChI=1S/C13H16O4/c1-13(2,16)7-6-9-8-10(12(15)17-3)4-5-11(9)14/h4-8,14,16H,1-3H3/b7-6+. The zero-order valence-corrected chi connectivity index (χ0v) is 10.1. The number of hydrogen-bond acceptors (Lipinski definition) is 4. The Morgan fingerprint density at radius 3 is 2.59 bits per heavy atom. The van der Waals surface area contributed by atoms with E-state index in [-0.39, 0.29) is 5.75 Å². The van der Waals surface area contributed by atoms with E-state index in [9.17, 15) is 15.0 Å². The number of carbonyl (C=O) groups is 1. The summed E-state index contributed by atoms with van der Waals surface area (Å²) in [5.74, 6) is -0.430. The average Bonchev–Trinajstić information content (AvgIpc) is 2.26. The van der Waals surface area contributed by atoms with Crippen LogP contribution in [-0.4, -0.2) is 28.9 Å². The lowest BCUT2D eigenvalue weighted by Crippen LogP contribution is -2.13. The lowest BCUT2D eigenvalue weighted by atomic mass is 10.0. The maximum absolute atomic E-state index is 11.3. The lowest BCUT2D eigenvalue weighted by molar-refractivity contribution is 0.0600. The van der Waals surface area contributed by atoms with Gasteiger partial charge in [0.1, 0.15) is 5.75 Å². The summed E-state index contributed by atoms with van der Waals surface area (Å²) in [6.07, 6.45) is 3.09. The van der Waals surface area contributed by atoms with Crippen LogP contribution in [0.4, 0.5) is 0 Å². The van der Waals surface area contributed by atoms with Gasteiger partial charge in [-0.05, 0) is 32.0 Å². The van der Waals surface area contributed by atoms with Crippen LogP contribution in [0.5, 0.6) is 5.75 Å². The number of esters is 1. The van der Waals surface area contributed by atoms with Crippen molar-refractivity contribution < 1.29 is 19.7 Å². The van der Waals surface area contributed by atoms with Gasteiger partial charge in [-0.2, -0.15) is 0 Å². The molecule has 0 unspecified atom stereocenters. The smallest absolute Gasteiger partial charge is 0.337 e. The van der Waals surface area contributed by atoms with Crippen LogP contribution in [-0.2, 0) is 4.74 Å². The number of rotatable bonds is 3. The van der Waals surface area contributed by atoms with Gasteiger partial charge in [0.15, 0.2) is 0 Å². The highest BCUT2D eigenvalue weighted by Gasteiger charge is 2.10. The first-order valence-corrected chi connectivity index (χ1v) is 5.16. The van der Waals surface area contributed by atoms with Crippen molar-refractivity contribution in [3.63, 3.8) is 0 Å². The number of benzene rings is 1. The largest absolute Gasteiger partial charge is 0.507 e. The summed E-state index contributed by atoms with van der Waals surface area (Å²) in [5.41, 5.74) is -0.177. The Morgan fingerprint density at radius 2 is 2.06 bits per heavy atom. The SMILES string of the molecule is COC(=O)c1ccc(O)c(/C=C/C(C)(C)O)c1. The highest BCUT2D eigenvalue weighted by molar-refractivity contribution is 5.90. The van der Waals surface area contributed by atoms with E-state index in [2.05, 4.69) is 4.74 Å². The number of carbonyl (C=O) groups excluding carboxylic acids is 1. The van der Waals surface area contributed by atoms with E-state index >= 15 is 0 Å². The van der Waals surface area contributed by atoms with Gasteiger partial charge in [-0.15, -0.1) is 0 Å². The second kappa shape index (κ2) is 5.01. The summed E-state index contributed by atoms with van der Waals surface area (Å²) in [6.45, 7) is 3.23. The molecule has 92 valence electrons. The van der Waals surface area contributed by atoms with Crippen LogP contribution >= 0.6 is 0 Å². The zero-order chi connectivity index (χ0) is 13.1. The van der Waals surface area contributed by atoms with Crippen LogP contribution in [0.15, 0.2) is 24.3 Å². The molecule has 0 atom stereocenters. The Hall–Kier alpha value is -1.81. The minimum atomic E-state index is -0.978. The molecule has 0 heterocycles. The quantitative estimate of drug-likeness (QED) is 0.787. The number of methoxy groups -OCH3 is 1. The van der Waals surface area contributed by atoms with Gasteiger partial charge >= 0.3 is 5.97 Å². The molecule has 0 saturated carbocycles. The molecule has 0 bridgehead atoms. The highest BCUT2D eigenvalue weighted by Crippen LogP contribution is 2.21. The number of phenols is 1. The van der Waals surface area contributed by atoms with Crippen molar-refractivity contribution >= 4 is 12.0 Å². The predicted octanol–water partition coefficient (Wildman–Crippen LogP) is 1.96. The molecule has 1 aromatic carbocycles. The van der Waals surface area contributed by atoms with E-state index in [0.29, 0.717) is 11.1 Å². The third kappa shape index (κ3) is 3.92. The summed E-state index contributed by atoms with van der Waals surface area (Å²) in [5, 5.41) is 19.1. The minimum Gasteiger partial charge on any atom is -0.507 e. The molecule has 0 fully saturated rings. The molecule has 0 aliphatic rings. The number of ether oxygens (including phenoxy) is 1. The maximum atomic E-state index is 11.3. The first kappa shape index (κ1) is 13.3. The van der Waals surface area contributed by atoms with Crippen LogP contribution in [0, 0.1) is 0 Å². The number of hydrogen-bond donors (Lipinski definition) is 2. The summed E-state index contributed by atoms with van der Waals surface area (Å²) < 4.78 is 4.58. The van der Waals surface area contributed by atoms with Crippen molar-refractivity contribution in [3.05, 3.63) is 35.4 Å². The van der Waals surface area contributed by atoms with E-state index < -0.39 is 11.6 Å². The molecule has 1 rings (SSSR count). The summed E-state index contributed by atoms with van der Waals surface area (Å²) in [4.78, 5) is 11.3. The van der Waals surface area contributed by atoms with Crippen molar-refractivity contribution in [2.45, 2.75) is 19.4 Å². The van der Waals surface area contributed by atoms with Gasteiger partial charge in [0.05, 0.1) is 18.3 Å². The summed E-state index contributed by atoms with van der Waals surface area (Å²) in [7, 11) is 1.29. The van der Waals surface area contributed by atoms with E-state index in [4.69, 9.17) is 0 Å². The van der Waals surface area contributed by atoms with Gasteiger partial charge in [0.2, 0.25) is 0 Å². The lowest BCUT2D eigenvalue weighted by Gasteiger charge is -2.10. The van der Waals surface area contributed by atoms with Gasteiger partial charge in [-0.1, -0.05) is 12.2 Å². The zero-order valence-electron chi connectivity index (χ0n) is 10.1. The Kier molecular flexibility index (Phi) is 3.91. The van der Waals surface area contributed by atoms with Crippen LogP contribution < -0.4 is 0 Å². The minimum absolute atomic E-state index is 0.0400. The van der Waals surface area contributed by atoms with Gasteiger partial charge in [-0.25, -0.2) is 4.79 Å². The van der Waals surface area contributed by atoms with E-state index in [1.165, 1.54) is 31.4 Å². The molecule has 4 heteroatoms. The first-order chi connectivity index (χ1) is 7.83. The summed E-state index contributed by atoms with van der Waals surface area (Å²) >= 11 is 0. The monoisotopic (exact) mass is 236 g/mol. The first-order valence-electron chi connectivity index (χ1n) is 5.16. The molecule has 0 spiro atoms. The maximum Gasteiger partial charge on any atom is 0.337 e. The van der Waals surface area contributed by atoms with Gasteiger partial charge in [0, 0.05) is 5.56 Å². The molecular formula is C13H16O4. The molecular weight excluding hydrogens is 220 g/mol. The van der Waals surface area contributed by atoms with Crippen molar-refractivity contribution in [1.29, 1.82) is 0 Å². The molecule has 0 radical (unpaired) electrons. The number of aromatic hydroxyl groups is 1. The molecule has 0 amide bonds. The van der Waals surface area contributed by atoms with Gasteiger partial charge < -0.3 is 14.9 Å². The van der Waals surface area contributed by atoms with Gasteiger partial charge in [-0.3, -0.25) is 0 Å². The fourth-order valence-corrected chi connectivity index (χ4v) is 1.23. The molecule has 1 aromatic rings. The van der Waals surface area contributed by atoms with E-state index in [0.717, 1.165) is 0 Å². The van der Waals surface area contributed by atoms with Crippen LogP contribution in [0.3, 0.4) is 0 Å². The third-order valence-corrected chi connectivity index (χ3v) is 2.12. The second-order valence-electron chi connectivity index (χ2n) is 4.25. The van der Waals surface area contributed by atoms with E-state index in [1.54, 1.807) is 19.9 Å². The third-order valence-electron chi connectivity index (χ3n) is 2.12. The summed E-state index contributed by atoms with van der Waals surface area (Å²) in [6, 6.07) is 4.39. The van der Waals surface area contributed by atoms with Crippen molar-refractivity contribution in [1.82, 2.24) is 0 Å². The predicted molar refractivity (Wildman–Crippen MR) is 64.8 cm³/mol. The fourth-order valence-electron chi connectivity index (χ4n) is 1.23. The molecule has 2 N–H and O–H groups in total. The Labute approximate surface area is 100 Å². The molecule has 0 aromatic heterocycles. The Balaban J connectivity index is 3.07. The Morgan fingerprint density at radius 1 is 1.41 bits per heavy atom. The van der Waals surface area contributed by atoms with Crippen molar-refractivity contribution in [3.8, 4) is 5.75 Å². The van der Waals surface area contributed by atoms with E-state index in [1.807, 2.05) is 0 Å². The van der Waals surface area contributed by atoms with Crippen LogP contribution in [0.1, 0.15) is 29.8 Å². The molecule has 0 saturated heterocycles. The van der Waals surface area contributed by atoms with Gasteiger partial charge in [0.25, 0.3) is 0 Å². The molecule has 0 aliphatic carbocycles. The average molecular weight is 236 g/mol. The normalized spacial score (nSPS) is 11.8. The topological polar surface area (TPSA) is 66.8 Å². The number of aliphatic hydroxyl groups is 1. The Bertz CT molecular complexity index is 441. The highest BCUT2D eigenvalue weighted by atomic mass is 16.5. The molecule has 0 aliphatic heterocycles. The van der Waals surface area contributed by atoms with Crippen LogP contribution in [0.25, 0.3) is 6.08 Å².